The molecule has 3 rings (SSSR count). The van der Waals surface area contributed by atoms with E-state index in [0.29, 0.717) is 12.0 Å². The van der Waals surface area contributed by atoms with Crippen LogP contribution in [0.4, 0.5) is 5.69 Å². The molecule has 0 aromatic heterocycles. The fourth-order valence-electron chi connectivity index (χ4n) is 3.53. The molecule has 0 spiro atoms. The Morgan fingerprint density at radius 1 is 1.29 bits per heavy atom. The number of hydrogen-bond donors (Lipinski definition) is 1. The molecule has 0 amide bonds. The standard InChI is InChI=1S/C17H27N3O/c1-13(2)20-12-14(11-19-8-6-18-7-9-19)16-10-15(21-3)4-5-17(16)20/h4-5,10,13-14,18H,6-9,11-12H2,1-3H3. The third kappa shape index (κ3) is 3.01. The second-order valence-corrected chi connectivity index (χ2v) is 6.42. The van der Waals surface area contributed by atoms with E-state index in [9.17, 15) is 0 Å². The van der Waals surface area contributed by atoms with Crippen molar-refractivity contribution in [3.8, 4) is 5.75 Å². The van der Waals surface area contributed by atoms with Gasteiger partial charge in [-0.05, 0) is 37.6 Å². The molecule has 2 aliphatic heterocycles. The van der Waals surface area contributed by atoms with Crippen LogP contribution in [0, 0.1) is 0 Å². The smallest absolute Gasteiger partial charge is 0.119 e. The molecule has 116 valence electrons. The SMILES string of the molecule is COc1ccc2c(c1)C(CN1CCNCC1)CN2C(C)C. The molecule has 1 atom stereocenters. The number of rotatable bonds is 4. The van der Waals surface area contributed by atoms with Crippen molar-refractivity contribution in [3.63, 3.8) is 0 Å². The van der Waals surface area contributed by atoms with Crippen molar-refractivity contribution >= 4 is 5.69 Å². The number of hydrogen-bond acceptors (Lipinski definition) is 4. The summed E-state index contributed by atoms with van der Waals surface area (Å²) >= 11 is 0. The van der Waals surface area contributed by atoms with Crippen LogP contribution in [0.5, 0.6) is 5.75 Å². The van der Waals surface area contributed by atoms with Gasteiger partial charge in [0.2, 0.25) is 0 Å². The second-order valence-electron chi connectivity index (χ2n) is 6.42. The number of piperazine rings is 1. The molecule has 21 heavy (non-hydrogen) atoms. The molecule has 0 bridgehead atoms. The molecule has 1 unspecified atom stereocenters. The van der Waals surface area contributed by atoms with Crippen molar-refractivity contribution in [2.45, 2.75) is 25.8 Å². The molecule has 2 aliphatic rings. The van der Waals surface area contributed by atoms with Gasteiger partial charge < -0.3 is 19.9 Å². The highest BCUT2D eigenvalue weighted by Gasteiger charge is 2.31. The average Bonchev–Trinajstić information content (AvgIpc) is 2.86. The van der Waals surface area contributed by atoms with Gasteiger partial charge in [0.05, 0.1) is 7.11 Å². The molecule has 1 aromatic rings. The van der Waals surface area contributed by atoms with Crippen molar-refractivity contribution in [2.24, 2.45) is 0 Å². The summed E-state index contributed by atoms with van der Waals surface area (Å²) in [5, 5.41) is 3.43. The minimum absolute atomic E-state index is 0.546. The maximum atomic E-state index is 5.43. The fraction of sp³-hybridized carbons (Fsp3) is 0.647. The third-order valence-corrected chi connectivity index (χ3v) is 4.71. The summed E-state index contributed by atoms with van der Waals surface area (Å²) in [6.45, 7) is 11.4. The Kier molecular flexibility index (Phi) is 4.36. The lowest BCUT2D eigenvalue weighted by atomic mass is 10.00. The summed E-state index contributed by atoms with van der Waals surface area (Å²) in [6.07, 6.45) is 0. The maximum Gasteiger partial charge on any atom is 0.119 e. The molecular weight excluding hydrogens is 262 g/mol. The van der Waals surface area contributed by atoms with Crippen LogP contribution in [0.1, 0.15) is 25.3 Å². The maximum absolute atomic E-state index is 5.43. The average molecular weight is 289 g/mol. The molecule has 2 heterocycles. The van der Waals surface area contributed by atoms with Crippen LogP contribution in [-0.4, -0.2) is 57.3 Å². The van der Waals surface area contributed by atoms with E-state index in [-0.39, 0.29) is 0 Å². The van der Waals surface area contributed by atoms with Gasteiger partial charge >= 0.3 is 0 Å². The molecule has 1 saturated heterocycles. The number of methoxy groups -OCH3 is 1. The summed E-state index contributed by atoms with van der Waals surface area (Å²) in [4.78, 5) is 5.12. The quantitative estimate of drug-likeness (QED) is 0.916. The van der Waals surface area contributed by atoms with Crippen molar-refractivity contribution in [2.75, 3.05) is 51.3 Å². The van der Waals surface area contributed by atoms with Crippen molar-refractivity contribution in [1.82, 2.24) is 10.2 Å². The van der Waals surface area contributed by atoms with E-state index in [4.69, 9.17) is 4.74 Å². The summed E-state index contributed by atoms with van der Waals surface area (Å²) in [7, 11) is 1.75. The number of anilines is 1. The topological polar surface area (TPSA) is 27.7 Å². The Hall–Kier alpha value is -1.26. The third-order valence-electron chi connectivity index (χ3n) is 4.71. The van der Waals surface area contributed by atoms with Gasteiger partial charge in [0.25, 0.3) is 0 Å². The van der Waals surface area contributed by atoms with E-state index in [2.05, 4.69) is 47.2 Å². The summed E-state index contributed by atoms with van der Waals surface area (Å²) in [6, 6.07) is 7.10. The van der Waals surface area contributed by atoms with Crippen LogP contribution in [0.25, 0.3) is 0 Å². The van der Waals surface area contributed by atoms with Crippen LogP contribution in [0.3, 0.4) is 0 Å². The van der Waals surface area contributed by atoms with E-state index in [1.54, 1.807) is 7.11 Å². The lowest BCUT2D eigenvalue weighted by molar-refractivity contribution is 0.229. The molecular formula is C17H27N3O. The molecule has 1 N–H and O–H groups in total. The van der Waals surface area contributed by atoms with Crippen LogP contribution in [0.2, 0.25) is 0 Å². The molecule has 1 fully saturated rings. The van der Waals surface area contributed by atoms with Gasteiger partial charge in [0.1, 0.15) is 5.75 Å². The zero-order valence-corrected chi connectivity index (χ0v) is 13.4. The zero-order valence-electron chi connectivity index (χ0n) is 13.4. The monoisotopic (exact) mass is 289 g/mol. The Morgan fingerprint density at radius 2 is 2.05 bits per heavy atom. The normalized spacial score (nSPS) is 22.7. The highest BCUT2D eigenvalue weighted by atomic mass is 16.5. The highest BCUT2D eigenvalue weighted by molar-refractivity contribution is 5.63. The first-order chi connectivity index (χ1) is 10.2. The van der Waals surface area contributed by atoms with E-state index >= 15 is 0 Å². The predicted octanol–water partition coefficient (Wildman–Crippen LogP) is 1.91. The first-order valence-electron chi connectivity index (χ1n) is 8.06. The molecule has 4 nitrogen and oxygen atoms in total. The molecule has 0 aliphatic carbocycles. The molecule has 1 aromatic carbocycles. The summed E-state index contributed by atoms with van der Waals surface area (Å²) < 4.78 is 5.43. The second kappa shape index (κ2) is 6.24. The van der Waals surface area contributed by atoms with Gasteiger partial charge in [0, 0.05) is 56.9 Å². The Balaban J connectivity index is 1.82. The summed E-state index contributed by atoms with van der Waals surface area (Å²) in [5.41, 5.74) is 2.85. The Labute approximate surface area is 128 Å². The molecule has 4 heteroatoms. The fourth-order valence-corrected chi connectivity index (χ4v) is 3.53. The Morgan fingerprint density at radius 3 is 2.71 bits per heavy atom. The number of nitrogens with zero attached hydrogens (tertiary/aromatic N) is 2. The summed E-state index contributed by atoms with van der Waals surface area (Å²) in [5.74, 6) is 1.57. The zero-order chi connectivity index (χ0) is 14.8. The van der Waals surface area contributed by atoms with Crippen molar-refractivity contribution in [3.05, 3.63) is 23.8 Å². The van der Waals surface area contributed by atoms with E-state index < -0.39 is 0 Å². The first-order valence-corrected chi connectivity index (χ1v) is 8.06. The van der Waals surface area contributed by atoms with Gasteiger partial charge in [-0.1, -0.05) is 0 Å². The number of benzene rings is 1. The van der Waals surface area contributed by atoms with E-state index in [1.165, 1.54) is 11.3 Å². The van der Waals surface area contributed by atoms with E-state index in [1.807, 2.05) is 0 Å². The predicted molar refractivity (Wildman–Crippen MR) is 87.5 cm³/mol. The Bertz CT molecular complexity index is 483. The number of ether oxygens (including phenoxy) is 1. The largest absolute Gasteiger partial charge is 0.497 e. The van der Waals surface area contributed by atoms with Crippen molar-refractivity contribution < 1.29 is 4.74 Å². The van der Waals surface area contributed by atoms with Gasteiger partial charge in [-0.25, -0.2) is 0 Å². The minimum atomic E-state index is 0.546. The van der Waals surface area contributed by atoms with Crippen LogP contribution in [-0.2, 0) is 0 Å². The van der Waals surface area contributed by atoms with Crippen LogP contribution >= 0.6 is 0 Å². The first kappa shape index (κ1) is 14.7. The molecule has 0 radical (unpaired) electrons. The van der Waals surface area contributed by atoms with Gasteiger partial charge in [-0.2, -0.15) is 0 Å². The lowest BCUT2D eigenvalue weighted by Crippen LogP contribution is -2.45. The van der Waals surface area contributed by atoms with Crippen LogP contribution in [0.15, 0.2) is 18.2 Å². The van der Waals surface area contributed by atoms with E-state index in [0.717, 1.165) is 45.0 Å². The minimum Gasteiger partial charge on any atom is -0.497 e. The molecule has 0 saturated carbocycles. The van der Waals surface area contributed by atoms with Crippen molar-refractivity contribution in [1.29, 1.82) is 0 Å². The van der Waals surface area contributed by atoms with Gasteiger partial charge in [0.15, 0.2) is 0 Å². The van der Waals surface area contributed by atoms with Gasteiger partial charge in [-0.3, -0.25) is 0 Å². The van der Waals surface area contributed by atoms with Gasteiger partial charge in [-0.15, -0.1) is 0 Å². The van der Waals surface area contributed by atoms with Crippen LogP contribution < -0.4 is 15.0 Å². The number of fused-ring (bicyclic) bond motifs is 1. The highest BCUT2D eigenvalue weighted by Crippen LogP contribution is 2.40. The lowest BCUT2D eigenvalue weighted by Gasteiger charge is -2.30. The number of nitrogens with one attached hydrogen (secondary N) is 1.